The molecule has 0 aliphatic rings. The first-order chi connectivity index (χ1) is 11.8. The quantitative estimate of drug-likeness (QED) is 0.237. The zero-order valence-electron chi connectivity index (χ0n) is 14.6. The van der Waals surface area contributed by atoms with Crippen molar-refractivity contribution in [3.63, 3.8) is 0 Å². The van der Waals surface area contributed by atoms with Crippen molar-refractivity contribution in [3.8, 4) is 0 Å². The fourth-order valence-electron chi connectivity index (χ4n) is 2.16. The maximum Gasteiger partial charge on any atom is 0.500 e. The van der Waals surface area contributed by atoms with Gasteiger partial charge in [0, 0.05) is 25.9 Å². The van der Waals surface area contributed by atoms with E-state index < -0.39 is 44.7 Å². The second-order valence-electron chi connectivity index (χ2n) is 4.99. The highest BCUT2D eigenvalue weighted by Crippen LogP contribution is 2.33. The van der Waals surface area contributed by atoms with Gasteiger partial charge >= 0.3 is 21.2 Å². The third-order valence-corrected chi connectivity index (χ3v) is 6.24. The number of allylic oxidation sites excluding steroid dienone is 2. The van der Waals surface area contributed by atoms with Crippen molar-refractivity contribution in [1.29, 1.82) is 0 Å². The highest BCUT2D eigenvalue weighted by atomic mass is 28.4. The highest BCUT2D eigenvalue weighted by molar-refractivity contribution is 6.60. The van der Waals surface area contributed by atoms with Crippen LogP contribution in [0.3, 0.4) is 0 Å². The van der Waals surface area contributed by atoms with E-state index in [1.165, 1.54) is 0 Å². The van der Waals surface area contributed by atoms with Crippen LogP contribution in [0.5, 0.6) is 0 Å². The number of rotatable bonds is 11. The summed E-state index contributed by atoms with van der Waals surface area (Å²) >= 11 is 0. The zero-order valence-corrected chi connectivity index (χ0v) is 15.6. The van der Waals surface area contributed by atoms with E-state index >= 15 is 0 Å². The van der Waals surface area contributed by atoms with Crippen LogP contribution in [0.2, 0.25) is 6.04 Å². The van der Waals surface area contributed by atoms with Crippen molar-refractivity contribution in [1.82, 2.24) is 0 Å². The van der Waals surface area contributed by atoms with Crippen LogP contribution in [0.15, 0.2) is 11.3 Å². The van der Waals surface area contributed by atoms with Gasteiger partial charge in [0.25, 0.3) is 5.78 Å². The number of aliphatic hydroxyl groups excluding tert-OH is 1. The smallest absolute Gasteiger partial charge is 0.500 e. The van der Waals surface area contributed by atoms with Gasteiger partial charge in [-0.2, -0.15) is 26.3 Å². The first-order valence-corrected chi connectivity index (χ1v) is 9.80. The minimum Gasteiger partial charge on any atom is -0.504 e. The lowest BCUT2D eigenvalue weighted by Gasteiger charge is -2.28. The number of hydrogen-bond acceptors (Lipinski definition) is 5. The molecule has 0 aromatic rings. The van der Waals surface area contributed by atoms with Crippen molar-refractivity contribution in [2.24, 2.45) is 0 Å². The molecule has 0 fully saturated rings. The topological polar surface area (TPSA) is 65.0 Å². The normalized spacial score (nSPS) is 14.3. The molecule has 5 nitrogen and oxygen atoms in total. The van der Waals surface area contributed by atoms with E-state index in [1.807, 2.05) is 0 Å². The van der Waals surface area contributed by atoms with Crippen LogP contribution in [0.4, 0.5) is 26.3 Å². The molecule has 0 saturated carbocycles. The van der Waals surface area contributed by atoms with Gasteiger partial charge in [0.2, 0.25) is 5.76 Å². The summed E-state index contributed by atoms with van der Waals surface area (Å²) < 4.78 is 91.7. The molecule has 0 rings (SSSR count). The Bertz CT molecular complexity index is 472. The van der Waals surface area contributed by atoms with E-state index in [0.29, 0.717) is 0 Å². The fourth-order valence-corrected chi connectivity index (χ4v) is 4.78. The largest absolute Gasteiger partial charge is 0.504 e. The second-order valence-corrected chi connectivity index (χ2v) is 7.72. The highest BCUT2D eigenvalue weighted by Gasteiger charge is 2.47. The number of halogens is 6. The molecule has 0 unspecified atom stereocenters. The molecule has 0 aromatic carbocycles. The minimum atomic E-state index is -5.54. The summed E-state index contributed by atoms with van der Waals surface area (Å²) in [6, 6.07) is -0.109. The first-order valence-electron chi connectivity index (χ1n) is 7.87. The summed E-state index contributed by atoms with van der Waals surface area (Å²) in [7, 11) is -3.30. The van der Waals surface area contributed by atoms with Gasteiger partial charge in [-0.3, -0.25) is 4.79 Å². The number of alkyl halides is 6. The molecule has 0 saturated heterocycles. The number of ketones is 1. The maximum atomic E-state index is 12.6. The number of Topliss-reactive ketones (excluding diaryl/α,β-unsaturated/α-hetero) is 1. The lowest BCUT2D eigenvalue weighted by Crippen LogP contribution is -2.46. The summed E-state index contributed by atoms with van der Waals surface area (Å²) in [5.41, 5.74) is -1.74. The van der Waals surface area contributed by atoms with Gasteiger partial charge in [-0.15, -0.1) is 0 Å². The predicted octanol–water partition coefficient (Wildman–Crippen LogP) is 4.32. The van der Waals surface area contributed by atoms with Gasteiger partial charge in [-0.05, 0) is 33.6 Å². The van der Waals surface area contributed by atoms with E-state index in [0.717, 1.165) is 0 Å². The van der Waals surface area contributed by atoms with Gasteiger partial charge in [-0.25, -0.2) is 0 Å². The Labute approximate surface area is 148 Å². The molecule has 12 heteroatoms. The van der Waals surface area contributed by atoms with Crippen molar-refractivity contribution in [2.75, 3.05) is 19.8 Å². The Morgan fingerprint density at radius 1 is 0.885 bits per heavy atom. The Morgan fingerprint density at radius 2 is 1.31 bits per heavy atom. The van der Waals surface area contributed by atoms with Gasteiger partial charge in [0.1, 0.15) is 0 Å². The molecule has 0 heterocycles. The number of aliphatic hydroxyl groups is 1. The van der Waals surface area contributed by atoms with E-state index in [1.54, 1.807) is 20.8 Å². The molecule has 26 heavy (non-hydrogen) atoms. The van der Waals surface area contributed by atoms with Crippen LogP contribution in [0.1, 0.15) is 33.6 Å². The Hall–Kier alpha value is -1.11. The van der Waals surface area contributed by atoms with Gasteiger partial charge in [-0.1, -0.05) is 0 Å². The van der Waals surface area contributed by atoms with Crippen molar-refractivity contribution in [3.05, 3.63) is 11.3 Å². The molecule has 0 spiro atoms. The number of carbonyl (C=O) groups excluding carboxylic acids is 1. The number of carbonyl (C=O) groups is 1. The van der Waals surface area contributed by atoms with E-state index in [-0.39, 0.29) is 32.3 Å². The Kier molecular flexibility index (Phi) is 9.84. The molecular weight excluding hydrogens is 390 g/mol. The summed E-state index contributed by atoms with van der Waals surface area (Å²) in [5.74, 6) is -5.28. The second kappa shape index (κ2) is 10.3. The third kappa shape index (κ3) is 7.64. The fraction of sp³-hybridized carbons (Fsp3) is 0.786. The molecule has 0 atom stereocenters. The summed E-state index contributed by atoms with van der Waals surface area (Å²) in [5, 5.41) is 9.07. The molecule has 0 aliphatic heterocycles. The standard InChI is InChI=1S/C14H22F6O5Si/c1-4-23-26(24-5-2,25-6-3)9-7-8-10(11(21)13(15,16)17)12(22)14(18,19)20/h21H,4-9H2,1-3H3/b11-10-. The molecule has 0 aromatic heterocycles. The molecule has 0 bridgehead atoms. The third-order valence-electron chi connectivity index (χ3n) is 3.09. The summed E-state index contributed by atoms with van der Waals surface area (Å²) in [6.07, 6.45) is -12.3. The van der Waals surface area contributed by atoms with Crippen LogP contribution in [0, 0.1) is 0 Å². The number of hydrogen-bond donors (Lipinski definition) is 1. The first kappa shape index (κ1) is 24.9. The molecule has 0 aliphatic carbocycles. The molecular formula is C14H22F6O5Si. The van der Waals surface area contributed by atoms with Crippen LogP contribution in [-0.2, 0) is 18.1 Å². The van der Waals surface area contributed by atoms with Crippen molar-refractivity contribution in [2.45, 2.75) is 52.0 Å². The average molecular weight is 412 g/mol. The molecule has 0 radical (unpaired) electrons. The van der Waals surface area contributed by atoms with E-state index in [4.69, 9.17) is 18.4 Å². The van der Waals surface area contributed by atoms with E-state index in [2.05, 4.69) is 0 Å². The van der Waals surface area contributed by atoms with Gasteiger partial charge in [0.15, 0.2) is 0 Å². The van der Waals surface area contributed by atoms with Crippen molar-refractivity contribution < 1.29 is 49.5 Å². The molecule has 154 valence electrons. The van der Waals surface area contributed by atoms with Crippen LogP contribution < -0.4 is 0 Å². The average Bonchev–Trinajstić information content (AvgIpc) is 2.49. The summed E-state index contributed by atoms with van der Waals surface area (Å²) in [4.78, 5) is 11.3. The monoisotopic (exact) mass is 412 g/mol. The Balaban J connectivity index is 5.46. The predicted molar refractivity (Wildman–Crippen MR) is 81.4 cm³/mol. The van der Waals surface area contributed by atoms with Gasteiger partial charge < -0.3 is 18.4 Å². The lowest BCUT2D eigenvalue weighted by molar-refractivity contribution is -0.168. The van der Waals surface area contributed by atoms with Crippen LogP contribution in [0.25, 0.3) is 0 Å². The maximum absolute atomic E-state index is 12.6. The van der Waals surface area contributed by atoms with E-state index in [9.17, 15) is 31.1 Å². The van der Waals surface area contributed by atoms with Crippen LogP contribution in [-0.4, -0.2) is 51.9 Å². The SMILES string of the molecule is CCO[Si](CCC/C(C(=O)C(F)(F)F)=C(/O)C(F)(F)F)(OCC)OCC. The van der Waals surface area contributed by atoms with Crippen molar-refractivity contribution >= 4 is 14.6 Å². The summed E-state index contributed by atoms with van der Waals surface area (Å²) in [6.45, 7) is 5.41. The molecule has 1 N–H and O–H groups in total. The minimum absolute atomic E-state index is 0.109. The lowest BCUT2D eigenvalue weighted by atomic mass is 10.0. The Morgan fingerprint density at radius 3 is 1.62 bits per heavy atom. The van der Waals surface area contributed by atoms with Crippen LogP contribution >= 0.6 is 0 Å². The van der Waals surface area contributed by atoms with Gasteiger partial charge in [0.05, 0.1) is 5.57 Å². The molecule has 0 amide bonds. The zero-order chi connectivity index (χ0) is 20.6.